The molecule has 2 heterocycles. The van der Waals surface area contributed by atoms with Gasteiger partial charge in [-0.2, -0.15) is 0 Å². The molecule has 0 unspecified atom stereocenters. The van der Waals surface area contributed by atoms with Crippen LogP contribution in [0.25, 0.3) is 10.6 Å². The Morgan fingerprint density at radius 2 is 2.13 bits per heavy atom. The molecule has 3 rings (SSSR count). The molecule has 0 atom stereocenters. The summed E-state index contributed by atoms with van der Waals surface area (Å²) in [5.74, 6) is 0.386. The van der Waals surface area contributed by atoms with Crippen LogP contribution in [0, 0.1) is 0 Å². The normalized spacial score (nSPS) is 15.2. The second-order valence-electron chi connectivity index (χ2n) is 3.88. The van der Waals surface area contributed by atoms with Crippen LogP contribution in [0.2, 0.25) is 0 Å². The Bertz CT molecular complexity index is 463. The molecule has 3 nitrogen and oxygen atoms in total. The van der Waals surface area contributed by atoms with Gasteiger partial charge in [-0.05, 0) is 37.3 Å². The van der Waals surface area contributed by atoms with Crippen LogP contribution in [0.15, 0.2) is 16.7 Å². The van der Waals surface area contributed by atoms with Gasteiger partial charge in [0.2, 0.25) is 5.88 Å². The molecule has 0 saturated heterocycles. The SMILES string of the molecule is Nc1cc(-c2cc3c(s2)CCCC3)no1. The first-order valence-corrected chi connectivity index (χ1v) is 5.99. The Labute approximate surface area is 91.9 Å². The van der Waals surface area contributed by atoms with Crippen molar-refractivity contribution in [3.63, 3.8) is 0 Å². The molecular formula is C11H12N2OS. The van der Waals surface area contributed by atoms with Crippen LogP contribution < -0.4 is 5.73 Å². The molecule has 0 spiro atoms. The van der Waals surface area contributed by atoms with Gasteiger partial charge in [0.25, 0.3) is 0 Å². The summed E-state index contributed by atoms with van der Waals surface area (Å²) >= 11 is 1.82. The summed E-state index contributed by atoms with van der Waals surface area (Å²) < 4.78 is 4.89. The van der Waals surface area contributed by atoms with Gasteiger partial charge in [-0.3, -0.25) is 0 Å². The fraction of sp³-hybridized carbons (Fsp3) is 0.364. The number of aryl methyl sites for hydroxylation is 2. The van der Waals surface area contributed by atoms with Crippen molar-refractivity contribution in [1.29, 1.82) is 0 Å². The van der Waals surface area contributed by atoms with E-state index in [9.17, 15) is 0 Å². The summed E-state index contributed by atoms with van der Waals surface area (Å²) in [7, 11) is 0. The highest BCUT2D eigenvalue weighted by Crippen LogP contribution is 2.35. The molecule has 0 bridgehead atoms. The molecule has 1 aliphatic rings. The largest absolute Gasteiger partial charge is 0.368 e. The van der Waals surface area contributed by atoms with Crippen molar-refractivity contribution in [3.8, 4) is 10.6 Å². The minimum absolute atomic E-state index is 0.386. The van der Waals surface area contributed by atoms with Crippen LogP contribution >= 0.6 is 11.3 Å². The predicted octanol–water partition coefficient (Wildman–Crippen LogP) is 2.86. The standard InChI is InChI=1S/C11H12N2OS/c12-11-6-8(13-14-11)10-5-7-3-1-2-4-9(7)15-10/h5-6H,1-4,12H2. The predicted molar refractivity (Wildman–Crippen MR) is 60.9 cm³/mol. The number of anilines is 1. The van der Waals surface area contributed by atoms with E-state index >= 15 is 0 Å². The number of rotatable bonds is 1. The lowest BCUT2D eigenvalue weighted by molar-refractivity contribution is 0.439. The third-order valence-corrected chi connectivity index (χ3v) is 4.04. The number of nitrogens with two attached hydrogens (primary N) is 1. The molecule has 1 aliphatic carbocycles. The molecule has 0 radical (unpaired) electrons. The summed E-state index contributed by atoms with van der Waals surface area (Å²) in [6, 6.07) is 4.02. The summed E-state index contributed by atoms with van der Waals surface area (Å²) in [5.41, 5.74) is 7.87. The number of nitrogens with zero attached hydrogens (tertiary/aromatic N) is 1. The molecular weight excluding hydrogens is 208 g/mol. The minimum atomic E-state index is 0.386. The van der Waals surface area contributed by atoms with E-state index in [1.54, 1.807) is 6.07 Å². The van der Waals surface area contributed by atoms with E-state index in [4.69, 9.17) is 10.3 Å². The Morgan fingerprint density at radius 1 is 1.27 bits per heavy atom. The quantitative estimate of drug-likeness (QED) is 0.804. The number of hydrogen-bond donors (Lipinski definition) is 1. The molecule has 15 heavy (non-hydrogen) atoms. The molecule has 0 aromatic carbocycles. The number of fused-ring (bicyclic) bond motifs is 1. The van der Waals surface area contributed by atoms with Gasteiger partial charge < -0.3 is 10.3 Å². The molecule has 0 amide bonds. The average Bonchev–Trinajstić information content (AvgIpc) is 2.82. The number of nitrogen functional groups attached to an aromatic ring is 1. The second-order valence-corrected chi connectivity index (χ2v) is 5.02. The van der Waals surface area contributed by atoms with E-state index in [-0.39, 0.29) is 0 Å². The van der Waals surface area contributed by atoms with Crippen LogP contribution in [0.5, 0.6) is 0 Å². The van der Waals surface area contributed by atoms with Crippen LogP contribution in [0.1, 0.15) is 23.3 Å². The van der Waals surface area contributed by atoms with Crippen molar-refractivity contribution in [2.45, 2.75) is 25.7 Å². The Kier molecular flexibility index (Phi) is 2.02. The lowest BCUT2D eigenvalue weighted by Crippen LogP contribution is -1.96. The molecule has 2 aromatic rings. The van der Waals surface area contributed by atoms with E-state index in [1.807, 2.05) is 11.3 Å². The van der Waals surface area contributed by atoms with Crippen LogP contribution in [0.3, 0.4) is 0 Å². The van der Waals surface area contributed by atoms with Gasteiger partial charge in [-0.15, -0.1) is 11.3 Å². The summed E-state index contributed by atoms with van der Waals surface area (Å²) in [6.07, 6.45) is 5.05. The zero-order chi connectivity index (χ0) is 10.3. The van der Waals surface area contributed by atoms with Crippen molar-refractivity contribution >= 4 is 17.2 Å². The monoisotopic (exact) mass is 220 g/mol. The maximum atomic E-state index is 5.51. The first-order valence-electron chi connectivity index (χ1n) is 5.17. The molecule has 78 valence electrons. The minimum Gasteiger partial charge on any atom is -0.368 e. The van der Waals surface area contributed by atoms with Gasteiger partial charge in [0, 0.05) is 10.9 Å². The first kappa shape index (κ1) is 8.97. The number of thiophene rings is 1. The van der Waals surface area contributed by atoms with Gasteiger partial charge in [0.15, 0.2) is 0 Å². The summed E-state index contributed by atoms with van der Waals surface area (Å²) in [6.45, 7) is 0. The van der Waals surface area contributed by atoms with Crippen molar-refractivity contribution < 1.29 is 4.52 Å². The summed E-state index contributed by atoms with van der Waals surface area (Å²) in [5, 5.41) is 3.94. The number of aromatic nitrogens is 1. The Balaban J connectivity index is 2.02. The van der Waals surface area contributed by atoms with Gasteiger partial charge >= 0.3 is 0 Å². The number of hydrogen-bond acceptors (Lipinski definition) is 4. The molecule has 0 fully saturated rings. The van der Waals surface area contributed by atoms with E-state index in [0.717, 1.165) is 5.69 Å². The topological polar surface area (TPSA) is 52.0 Å². The molecule has 0 aliphatic heterocycles. The lowest BCUT2D eigenvalue weighted by atomic mass is 9.99. The average molecular weight is 220 g/mol. The molecule has 4 heteroatoms. The molecule has 2 aromatic heterocycles. The maximum absolute atomic E-state index is 5.51. The van der Waals surface area contributed by atoms with E-state index in [2.05, 4.69) is 11.2 Å². The fourth-order valence-corrected chi connectivity index (χ4v) is 3.23. The zero-order valence-electron chi connectivity index (χ0n) is 8.32. The fourth-order valence-electron chi connectivity index (χ4n) is 2.02. The van der Waals surface area contributed by atoms with Crippen molar-refractivity contribution in [1.82, 2.24) is 5.16 Å². The molecule has 2 N–H and O–H groups in total. The van der Waals surface area contributed by atoms with Crippen LogP contribution in [-0.4, -0.2) is 5.16 Å². The van der Waals surface area contributed by atoms with Crippen LogP contribution in [0.4, 0.5) is 5.88 Å². The van der Waals surface area contributed by atoms with Crippen LogP contribution in [-0.2, 0) is 12.8 Å². The van der Waals surface area contributed by atoms with Gasteiger partial charge in [0.1, 0.15) is 5.69 Å². The van der Waals surface area contributed by atoms with E-state index < -0.39 is 0 Å². The van der Waals surface area contributed by atoms with Crippen molar-refractivity contribution in [2.75, 3.05) is 5.73 Å². The second kappa shape index (κ2) is 3.38. The summed E-state index contributed by atoms with van der Waals surface area (Å²) in [4.78, 5) is 2.69. The van der Waals surface area contributed by atoms with Crippen molar-refractivity contribution in [3.05, 3.63) is 22.6 Å². The zero-order valence-corrected chi connectivity index (χ0v) is 9.14. The van der Waals surface area contributed by atoms with Gasteiger partial charge in [-0.25, -0.2) is 0 Å². The Morgan fingerprint density at radius 3 is 2.87 bits per heavy atom. The smallest absolute Gasteiger partial charge is 0.222 e. The van der Waals surface area contributed by atoms with E-state index in [0.29, 0.717) is 5.88 Å². The van der Waals surface area contributed by atoms with Crippen molar-refractivity contribution in [2.24, 2.45) is 0 Å². The van der Waals surface area contributed by atoms with E-state index in [1.165, 1.54) is 41.0 Å². The first-order chi connectivity index (χ1) is 7.33. The molecule has 0 saturated carbocycles. The van der Waals surface area contributed by atoms with Gasteiger partial charge in [0.05, 0.1) is 4.88 Å². The third-order valence-electron chi connectivity index (χ3n) is 2.78. The lowest BCUT2D eigenvalue weighted by Gasteiger charge is -2.08. The highest BCUT2D eigenvalue weighted by molar-refractivity contribution is 7.15. The highest BCUT2D eigenvalue weighted by atomic mass is 32.1. The third kappa shape index (κ3) is 1.55. The maximum Gasteiger partial charge on any atom is 0.222 e. The van der Waals surface area contributed by atoms with Gasteiger partial charge in [-0.1, -0.05) is 5.16 Å². The highest BCUT2D eigenvalue weighted by Gasteiger charge is 2.15. The Hall–Kier alpha value is -1.29.